The van der Waals surface area contributed by atoms with Gasteiger partial charge >= 0.3 is 0 Å². The summed E-state index contributed by atoms with van der Waals surface area (Å²) in [5.41, 5.74) is 4.87. The summed E-state index contributed by atoms with van der Waals surface area (Å²) in [5, 5.41) is 3.44. The molecular formula is C13H24N2O3. The number of hydrogen-bond donors (Lipinski definition) is 2. The Hall–Kier alpha value is -0.650. The van der Waals surface area contributed by atoms with Crippen LogP contribution in [-0.4, -0.2) is 37.5 Å². The van der Waals surface area contributed by atoms with Crippen LogP contribution < -0.4 is 11.1 Å². The van der Waals surface area contributed by atoms with Gasteiger partial charge in [-0.1, -0.05) is 0 Å². The summed E-state index contributed by atoms with van der Waals surface area (Å²) in [4.78, 5) is 11.2. The fourth-order valence-corrected chi connectivity index (χ4v) is 2.53. The van der Waals surface area contributed by atoms with Crippen LogP contribution in [0.25, 0.3) is 0 Å². The van der Waals surface area contributed by atoms with Crippen molar-refractivity contribution < 1.29 is 14.3 Å². The lowest BCUT2D eigenvalue weighted by Crippen LogP contribution is -2.47. The minimum absolute atomic E-state index is 0.260. The maximum atomic E-state index is 11.2. The van der Waals surface area contributed by atoms with Crippen molar-refractivity contribution in [3.63, 3.8) is 0 Å². The van der Waals surface area contributed by atoms with E-state index in [1.165, 1.54) is 0 Å². The first-order valence-electron chi connectivity index (χ1n) is 6.75. The van der Waals surface area contributed by atoms with E-state index in [2.05, 4.69) is 5.32 Å². The largest absolute Gasteiger partial charge is 0.369 e. The molecule has 0 bridgehead atoms. The van der Waals surface area contributed by atoms with Gasteiger partial charge in [0.1, 0.15) is 0 Å². The summed E-state index contributed by atoms with van der Waals surface area (Å²) in [6, 6.07) is 0.432. The Morgan fingerprint density at radius 2 is 1.89 bits per heavy atom. The third-order valence-corrected chi connectivity index (χ3v) is 4.06. The monoisotopic (exact) mass is 256 g/mol. The summed E-state index contributed by atoms with van der Waals surface area (Å²) in [6.07, 6.45) is 3.91. The first kappa shape index (κ1) is 13.8. The molecule has 18 heavy (non-hydrogen) atoms. The molecule has 1 aliphatic carbocycles. The van der Waals surface area contributed by atoms with Gasteiger partial charge < -0.3 is 20.5 Å². The van der Waals surface area contributed by atoms with Crippen molar-refractivity contribution in [1.29, 1.82) is 0 Å². The molecule has 1 heterocycles. The van der Waals surface area contributed by atoms with Crippen molar-refractivity contribution in [2.45, 2.75) is 51.4 Å². The lowest BCUT2D eigenvalue weighted by atomic mass is 9.88. The molecule has 0 aromatic carbocycles. The molecule has 0 atom stereocenters. The second-order valence-corrected chi connectivity index (χ2v) is 6.01. The summed E-state index contributed by atoms with van der Waals surface area (Å²) in [7, 11) is 0. The molecule has 1 saturated heterocycles. The molecule has 0 unspecified atom stereocenters. The van der Waals surface area contributed by atoms with Crippen molar-refractivity contribution in [2.75, 3.05) is 19.8 Å². The minimum atomic E-state index is -0.491. The standard InChI is InChI=1S/C13H24N2O3/c1-12(2,11(14)16)9-15-10-3-5-13(6-4-10)17-7-8-18-13/h10,15H,3-9H2,1-2H3,(H2,14,16). The normalized spacial score (nSPS) is 24.6. The molecule has 104 valence electrons. The molecule has 5 nitrogen and oxygen atoms in total. The Morgan fingerprint density at radius 3 is 2.39 bits per heavy atom. The lowest BCUT2D eigenvalue weighted by Gasteiger charge is -2.36. The second kappa shape index (κ2) is 5.15. The highest BCUT2D eigenvalue weighted by molar-refractivity contribution is 5.80. The van der Waals surface area contributed by atoms with Crippen molar-refractivity contribution >= 4 is 5.91 Å². The highest BCUT2D eigenvalue weighted by Gasteiger charge is 2.40. The molecule has 0 radical (unpaired) electrons. The third-order valence-electron chi connectivity index (χ3n) is 4.06. The van der Waals surface area contributed by atoms with Gasteiger partial charge in [0.15, 0.2) is 5.79 Å². The van der Waals surface area contributed by atoms with Crippen LogP contribution in [0.5, 0.6) is 0 Å². The van der Waals surface area contributed by atoms with Crippen LogP contribution >= 0.6 is 0 Å². The molecule has 1 aliphatic heterocycles. The van der Waals surface area contributed by atoms with Gasteiger partial charge in [0, 0.05) is 25.4 Å². The smallest absolute Gasteiger partial charge is 0.224 e. The van der Waals surface area contributed by atoms with Gasteiger partial charge in [-0.2, -0.15) is 0 Å². The van der Waals surface area contributed by atoms with Gasteiger partial charge in [-0.15, -0.1) is 0 Å². The molecular weight excluding hydrogens is 232 g/mol. The Kier molecular flexibility index (Phi) is 3.94. The van der Waals surface area contributed by atoms with Crippen LogP contribution in [0.4, 0.5) is 0 Å². The van der Waals surface area contributed by atoms with Crippen LogP contribution in [0, 0.1) is 5.41 Å². The summed E-state index contributed by atoms with van der Waals surface area (Å²) in [5.74, 6) is -0.568. The van der Waals surface area contributed by atoms with E-state index in [-0.39, 0.29) is 11.7 Å². The molecule has 5 heteroatoms. The van der Waals surface area contributed by atoms with E-state index >= 15 is 0 Å². The van der Waals surface area contributed by atoms with Crippen LogP contribution in [0.3, 0.4) is 0 Å². The summed E-state index contributed by atoms with van der Waals surface area (Å²) in [6.45, 7) is 5.80. The van der Waals surface area contributed by atoms with Crippen molar-refractivity contribution in [1.82, 2.24) is 5.32 Å². The SMILES string of the molecule is CC(C)(CNC1CCC2(CC1)OCCO2)C(N)=O. The number of ether oxygens (including phenoxy) is 2. The number of nitrogens with one attached hydrogen (secondary N) is 1. The average molecular weight is 256 g/mol. The molecule has 1 amide bonds. The molecule has 0 aromatic heterocycles. The summed E-state index contributed by atoms with van der Waals surface area (Å²) >= 11 is 0. The summed E-state index contributed by atoms with van der Waals surface area (Å²) < 4.78 is 11.4. The minimum Gasteiger partial charge on any atom is -0.369 e. The first-order valence-corrected chi connectivity index (χ1v) is 6.75. The molecule has 2 rings (SSSR count). The zero-order valence-corrected chi connectivity index (χ0v) is 11.3. The van der Waals surface area contributed by atoms with Gasteiger partial charge in [-0.05, 0) is 26.7 Å². The number of hydrogen-bond acceptors (Lipinski definition) is 4. The zero-order chi connectivity index (χ0) is 13.2. The van der Waals surface area contributed by atoms with E-state index in [1.54, 1.807) is 0 Å². The first-order chi connectivity index (χ1) is 8.44. The van der Waals surface area contributed by atoms with Gasteiger partial charge in [-0.25, -0.2) is 0 Å². The Morgan fingerprint density at radius 1 is 1.33 bits per heavy atom. The van der Waals surface area contributed by atoms with Crippen LogP contribution in [-0.2, 0) is 14.3 Å². The zero-order valence-electron chi connectivity index (χ0n) is 11.3. The predicted octanol–water partition coefficient (Wildman–Crippen LogP) is 0.773. The molecule has 2 aliphatic rings. The lowest BCUT2D eigenvalue weighted by molar-refractivity contribution is -0.179. The van der Waals surface area contributed by atoms with Crippen LogP contribution in [0.2, 0.25) is 0 Å². The Labute approximate surface area is 108 Å². The Bertz CT molecular complexity index is 301. The number of amides is 1. The van der Waals surface area contributed by atoms with Gasteiger partial charge in [0.05, 0.1) is 18.6 Å². The molecule has 1 spiro atoms. The van der Waals surface area contributed by atoms with E-state index in [4.69, 9.17) is 15.2 Å². The number of carbonyl (C=O) groups excluding carboxylic acids is 1. The number of primary amides is 1. The van der Waals surface area contributed by atoms with Crippen LogP contribution in [0.15, 0.2) is 0 Å². The fraction of sp³-hybridized carbons (Fsp3) is 0.923. The quantitative estimate of drug-likeness (QED) is 0.779. The number of carbonyl (C=O) groups is 1. The Balaban J connectivity index is 1.75. The second-order valence-electron chi connectivity index (χ2n) is 6.01. The maximum absolute atomic E-state index is 11.2. The van der Waals surface area contributed by atoms with Gasteiger partial charge in [-0.3, -0.25) is 4.79 Å². The van der Waals surface area contributed by atoms with E-state index < -0.39 is 5.41 Å². The highest BCUT2D eigenvalue weighted by atomic mass is 16.7. The highest BCUT2D eigenvalue weighted by Crippen LogP contribution is 2.35. The molecule has 1 saturated carbocycles. The number of rotatable bonds is 4. The van der Waals surface area contributed by atoms with E-state index in [0.717, 1.165) is 25.7 Å². The van der Waals surface area contributed by atoms with E-state index in [1.807, 2.05) is 13.8 Å². The average Bonchev–Trinajstić information content (AvgIpc) is 2.77. The van der Waals surface area contributed by atoms with Crippen molar-refractivity contribution in [2.24, 2.45) is 11.1 Å². The van der Waals surface area contributed by atoms with E-state index in [9.17, 15) is 4.79 Å². The molecule has 3 N–H and O–H groups in total. The van der Waals surface area contributed by atoms with Crippen molar-refractivity contribution in [3.8, 4) is 0 Å². The fourth-order valence-electron chi connectivity index (χ4n) is 2.53. The molecule has 2 fully saturated rings. The van der Waals surface area contributed by atoms with Crippen molar-refractivity contribution in [3.05, 3.63) is 0 Å². The van der Waals surface area contributed by atoms with E-state index in [0.29, 0.717) is 25.8 Å². The third kappa shape index (κ3) is 3.02. The molecule has 0 aromatic rings. The predicted molar refractivity (Wildman–Crippen MR) is 67.9 cm³/mol. The van der Waals surface area contributed by atoms with Crippen LogP contribution in [0.1, 0.15) is 39.5 Å². The van der Waals surface area contributed by atoms with Gasteiger partial charge in [0.2, 0.25) is 5.91 Å². The van der Waals surface area contributed by atoms with Gasteiger partial charge in [0.25, 0.3) is 0 Å². The maximum Gasteiger partial charge on any atom is 0.224 e. The number of nitrogens with two attached hydrogens (primary N) is 1. The topological polar surface area (TPSA) is 73.6 Å².